The predicted octanol–water partition coefficient (Wildman–Crippen LogP) is 5.06. The first-order valence-electron chi connectivity index (χ1n) is 9.10. The van der Waals surface area contributed by atoms with E-state index in [2.05, 4.69) is 23.7 Å². The number of rotatable bonds is 7. The first-order valence-corrected chi connectivity index (χ1v) is 9.92. The second-order valence-corrected chi connectivity index (χ2v) is 7.43. The molecule has 0 saturated heterocycles. The Morgan fingerprint density at radius 3 is 2.50 bits per heavy atom. The van der Waals surface area contributed by atoms with Gasteiger partial charge < -0.3 is 9.32 Å². The molecule has 0 aliphatic heterocycles. The molecule has 0 radical (unpaired) electrons. The van der Waals surface area contributed by atoms with Gasteiger partial charge >= 0.3 is 0 Å². The standard InChI is InChI=1S/C20H24FN3O2S.ClH/c1-5-23(6-2)9-10-24(19(25)16-11-13(3)26-14(16)4)20-22-17-8-7-15(21)12-18(17)27-20;/h7-8,11-12H,5-6,9-10H2,1-4H3;1H. The van der Waals surface area contributed by atoms with Crippen LogP contribution in [-0.2, 0) is 0 Å². The van der Waals surface area contributed by atoms with Gasteiger partial charge in [0.2, 0.25) is 0 Å². The number of halogens is 2. The van der Waals surface area contributed by atoms with E-state index in [0.717, 1.165) is 24.3 Å². The highest BCUT2D eigenvalue weighted by Gasteiger charge is 2.25. The Balaban J connectivity index is 0.00000280. The van der Waals surface area contributed by atoms with E-state index in [-0.39, 0.29) is 24.1 Å². The van der Waals surface area contributed by atoms with Gasteiger partial charge in [0, 0.05) is 13.1 Å². The highest BCUT2D eigenvalue weighted by molar-refractivity contribution is 7.22. The highest BCUT2D eigenvalue weighted by Crippen LogP contribution is 2.31. The molecular weight excluding hydrogens is 401 g/mol. The number of carbonyl (C=O) groups is 1. The van der Waals surface area contributed by atoms with Crippen LogP contribution in [0, 0.1) is 19.7 Å². The maximum atomic E-state index is 13.6. The Bertz CT molecular complexity index is 952. The maximum Gasteiger partial charge on any atom is 0.263 e. The number of fused-ring (bicyclic) bond motifs is 1. The molecule has 0 bridgehead atoms. The minimum atomic E-state index is -0.306. The van der Waals surface area contributed by atoms with Crippen molar-refractivity contribution in [3.8, 4) is 0 Å². The molecule has 0 aliphatic carbocycles. The van der Waals surface area contributed by atoms with Crippen molar-refractivity contribution in [3.63, 3.8) is 0 Å². The molecule has 1 amide bonds. The summed E-state index contributed by atoms with van der Waals surface area (Å²) in [5.41, 5.74) is 1.23. The molecule has 0 aliphatic rings. The lowest BCUT2D eigenvalue weighted by molar-refractivity contribution is 0.0982. The minimum Gasteiger partial charge on any atom is -0.466 e. The lowest BCUT2D eigenvalue weighted by Crippen LogP contribution is -2.39. The number of hydrogen-bond acceptors (Lipinski definition) is 5. The Morgan fingerprint density at radius 1 is 1.18 bits per heavy atom. The van der Waals surface area contributed by atoms with E-state index in [0.29, 0.717) is 34.3 Å². The Hall–Kier alpha value is -1.96. The summed E-state index contributed by atoms with van der Waals surface area (Å²) in [6, 6.07) is 6.24. The summed E-state index contributed by atoms with van der Waals surface area (Å²) in [5, 5.41) is 0.575. The van der Waals surface area contributed by atoms with Crippen molar-refractivity contribution in [2.75, 3.05) is 31.1 Å². The summed E-state index contributed by atoms with van der Waals surface area (Å²) in [6.07, 6.45) is 0. The van der Waals surface area contributed by atoms with Crippen molar-refractivity contribution < 1.29 is 13.6 Å². The van der Waals surface area contributed by atoms with Crippen LogP contribution in [0.1, 0.15) is 35.7 Å². The second kappa shape index (κ2) is 9.49. The van der Waals surface area contributed by atoms with Crippen molar-refractivity contribution in [2.45, 2.75) is 27.7 Å². The van der Waals surface area contributed by atoms with Gasteiger partial charge in [0.1, 0.15) is 17.3 Å². The Labute approximate surface area is 174 Å². The van der Waals surface area contributed by atoms with E-state index in [1.54, 1.807) is 24.0 Å². The van der Waals surface area contributed by atoms with Gasteiger partial charge in [-0.25, -0.2) is 9.37 Å². The molecule has 0 atom stereocenters. The van der Waals surface area contributed by atoms with Gasteiger partial charge in [0.05, 0.1) is 15.8 Å². The van der Waals surface area contributed by atoms with Crippen molar-refractivity contribution in [2.24, 2.45) is 0 Å². The van der Waals surface area contributed by atoms with E-state index in [1.165, 1.54) is 23.5 Å². The minimum absolute atomic E-state index is 0. The SMILES string of the molecule is CCN(CC)CCN(C(=O)c1cc(C)oc1C)c1nc2ccc(F)cc2s1.Cl. The van der Waals surface area contributed by atoms with Gasteiger partial charge in [0.25, 0.3) is 5.91 Å². The zero-order valence-corrected chi connectivity index (χ0v) is 18.1. The van der Waals surface area contributed by atoms with Crippen LogP contribution in [0.5, 0.6) is 0 Å². The third-order valence-corrected chi connectivity index (χ3v) is 5.66. The van der Waals surface area contributed by atoms with Gasteiger partial charge in [0.15, 0.2) is 5.13 Å². The summed E-state index contributed by atoms with van der Waals surface area (Å²) in [5.74, 6) is 0.847. The topological polar surface area (TPSA) is 49.6 Å². The number of aryl methyl sites for hydroxylation is 2. The molecule has 0 fully saturated rings. The molecule has 0 saturated carbocycles. The van der Waals surface area contributed by atoms with Crippen molar-refractivity contribution in [1.82, 2.24) is 9.88 Å². The predicted molar refractivity (Wildman–Crippen MR) is 114 cm³/mol. The summed E-state index contributed by atoms with van der Waals surface area (Å²) in [4.78, 5) is 21.8. The number of furan rings is 1. The quantitative estimate of drug-likeness (QED) is 0.531. The molecule has 2 heterocycles. The summed E-state index contributed by atoms with van der Waals surface area (Å²) >= 11 is 1.33. The molecule has 3 rings (SSSR count). The van der Waals surface area contributed by atoms with Crippen LogP contribution in [0.25, 0.3) is 10.2 Å². The molecular formula is C20H25ClFN3O2S. The molecule has 1 aromatic carbocycles. The van der Waals surface area contributed by atoms with Crippen molar-refractivity contribution in [3.05, 3.63) is 47.2 Å². The fraction of sp³-hybridized carbons (Fsp3) is 0.400. The second-order valence-electron chi connectivity index (χ2n) is 6.42. The number of carbonyl (C=O) groups excluding carboxylic acids is 1. The van der Waals surface area contributed by atoms with E-state index in [1.807, 2.05) is 6.92 Å². The number of thiazole rings is 1. The Morgan fingerprint density at radius 2 is 1.89 bits per heavy atom. The molecule has 2 aromatic heterocycles. The average molecular weight is 426 g/mol. The molecule has 0 spiro atoms. The van der Waals surface area contributed by atoms with Crippen LogP contribution in [0.2, 0.25) is 0 Å². The molecule has 3 aromatic rings. The number of amides is 1. The molecule has 152 valence electrons. The van der Waals surface area contributed by atoms with E-state index in [9.17, 15) is 9.18 Å². The van der Waals surface area contributed by atoms with Crippen LogP contribution in [0.4, 0.5) is 9.52 Å². The van der Waals surface area contributed by atoms with Crippen molar-refractivity contribution >= 4 is 45.0 Å². The van der Waals surface area contributed by atoms with Crippen LogP contribution >= 0.6 is 23.7 Å². The third-order valence-electron chi connectivity index (χ3n) is 4.62. The maximum absolute atomic E-state index is 13.6. The molecule has 0 N–H and O–H groups in total. The fourth-order valence-electron chi connectivity index (χ4n) is 3.06. The molecule has 5 nitrogen and oxygen atoms in total. The first kappa shape index (κ1) is 22.3. The average Bonchev–Trinajstić information content (AvgIpc) is 3.20. The van der Waals surface area contributed by atoms with Gasteiger partial charge in [-0.05, 0) is 51.2 Å². The van der Waals surface area contributed by atoms with E-state index in [4.69, 9.17) is 4.42 Å². The number of likely N-dealkylation sites (N-methyl/N-ethyl adjacent to an activating group) is 1. The molecule has 28 heavy (non-hydrogen) atoms. The van der Waals surface area contributed by atoms with Gasteiger partial charge in [-0.2, -0.15) is 0 Å². The van der Waals surface area contributed by atoms with Gasteiger partial charge in [-0.15, -0.1) is 12.4 Å². The lowest BCUT2D eigenvalue weighted by Gasteiger charge is -2.24. The molecule has 8 heteroatoms. The number of aromatic nitrogens is 1. The van der Waals surface area contributed by atoms with Gasteiger partial charge in [-0.1, -0.05) is 25.2 Å². The first-order chi connectivity index (χ1) is 12.9. The van der Waals surface area contributed by atoms with Crippen LogP contribution in [0.3, 0.4) is 0 Å². The van der Waals surface area contributed by atoms with Crippen molar-refractivity contribution in [1.29, 1.82) is 0 Å². The number of hydrogen-bond donors (Lipinski definition) is 0. The van der Waals surface area contributed by atoms with E-state index >= 15 is 0 Å². The highest BCUT2D eigenvalue weighted by atomic mass is 35.5. The number of nitrogens with zero attached hydrogens (tertiary/aromatic N) is 3. The van der Waals surface area contributed by atoms with Crippen LogP contribution < -0.4 is 4.90 Å². The van der Waals surface area contributed by atoms with Crippen LogP contribution in [0.15, 0.2) is 28.7 Å². The Kier molecular flexibility index (Phi) is 7.57. The summed E-state index contributed by atoms with van der Waals surface area (Å²) in [6.45, 7) is 10.9. The smallest absolute Gasteiger partial charge is 0.263 e. The fourth-order valence-corrected chi connectivity index (χ4v) is 4.07. The third kappa shape index (κ3) is 4.71. The summed E-state index contributed by atoms with van der Waals surface area (Å²) in [7, 11) is 0. The number of anilines is 1. The number of benzene rings is 1. The molecule has 0 unspecified atom stereocenters. The largest absolute Gasteiger partial charge is 0.466 e. The normalized spacial score (nSPS) is 11.1. The van der Waals surface area contributed by atoms with Gasteiger partial charge in [-0.3, -0.25) is 9.69 Å². The summed E-state index contributed by atoms with van der Waals surface area (Å²) < 4.78 is 19.8. The zero-order valence-electron chi connectivity index (χ0n) is 16.5. The monoisotopic (exact) mass is 425 g/mol. The van der Waals surface area contributed by atoms with Crippen LogP contribution in [-0.4, -0.2) is 42.0 Å². The lowest BCUT2D eigenvalue weighted by atomic mass is 10.2. The zero-order chi connectivity index (χ0) is 19.6. The van der Waals surface area contributed by atoms with E-state index < -0.39 is 0 Å².